The molecule has 1 rings (SSSR count). The predicted molar refractivity (Wildman–Crippen MR) is 55.3 cm³/mol. The molecule has 74 valence electrons. The molecule has 0 bridgehead atoms. The van der Waals surface area contributed by atoms with Gasteiger partial charge in [0.25, 0.3) is 0 Å². The molecule has 0 aromatic carbocycles. The third-order valence-electron chi connectivity index (χ3n) is 2.23. The third kappa shape index (κ3) is 4.27. The van der Waals surface area contributed by atoms with E-state index < -0.39 is 9.84 Å². The number of hydrogen-bond donors (Lipinski definition) is 0. The van der Waals surface area contributed by atoms with Crippen molar-refractivity contribution in [1.82, 2.24) is 0 Å². The van der Waals surface area contributed by atoms with Crippen LogP contribution in [0.15, 0.2) is 23.8 Å². The van der Waals surface area contributed by atoms with Gasteiger partial charge in [0, 0.05) is 6.26 Å². The van der Waals surface area contributed by atoms with Gasteiger partial charge < -0.3 is 0 Å². The lowest BCUT2D eigenvalue weighted by Gasteiger charge is -2.13. The number of rotatable bonds is 3. The van der Waals surface area contributed by atoms with E-state index in [2.05, 4.69) is 25.2 Å². The Morgan fingerprint density at radius 1 is 1.54 bits per heavy atom. The van der Waals surface area contributed by atoms with Gasteiger partial charge in [-0.05, 0) is 25.7 Å². The lowest BCUT2D eigenvalue weighted by molar-refractivity contribution is 0.580. The van der Waals surface area contributed by atoms with Gasteiger partial charge in [-0.3, -0.25) is 0 Å². The topological polar surface area (TPSA) is 34.1 Å². The van der Waals surface area contributed by atoms with E-state index in [9.17, 15) is 8.42 Å². The molecule has 0 aliphatic heterocycles. The van der Waals surface area contributed by atoms with Gasteiger partial charge in [0.15, 0.2) is 0 Å². The fourth-order valence-corrected chi connectivity index (χ4v) is 2.08. The SMILES string of the molecule is CC1=CCC(CCS(C)(=O)=O)C=C1. The summed E-state index contributed by atoms with van der Waals surface area (Å²) >= 11 is 0. The Bertz CT molecular complexity index is 323. The van der Waals surface area contributed by atoms with E-state index in [0.29, 0.717) is 11.7 Å². The Labute approximate surface area is 80.3 Å². The Kier molecular flexibility index (Phi) is 3.31. The average molecular weight is 200 g/mol. The standard InChI is InChI=1S/C10H16O2S/c1-9-3-5-10(6-4-9)7-8-13(2,11)12/h3-5,10H,6-8H2,1-2H3. The molecule has 1 atom stereocenters. The summed E-state index contributed by atoms with van der Waals surface area (Å²) in [5.74, 6) is 0.716. The van der Waals surface area contributed by atoms with Crippen molar-refractivity contribution in [3.8, 4) is 0 Å². The molecule has 3 heteroatoms. The van der Waals surface area contributed by atoms with Gasteiger partial charge in [0.05, 0.1) is 5.75 Å². The summed E-state index contributed by atoms with van der Waals surface area (Å²) in [5, 5.41) is 0. The van der Waals surface area contributed by atoms with Crippen molar-refractivity contribution < 1.29 is 8.42 Å². The zero-order chi connectivity index (χ0) is 9.90. The summed E-state index contributed by atoms with van der Waals surface area (Å²) in [4.78, 5) is 0. The van der Waals surface area contributed by atoms with Crippen molar-refractivity contribution in [3.05, 3.63) is 23.8 Å². The van der Waals surface area contributed by atoms with Crippen molar-refractivity contribution >= 4 is 9.84 Å². The van der Waals surface area contributed by atoms with Crippen LogP contribution in [0.1, 0.15) is 19.8 Å². The predicted octanol–water partition coefficient (Wildman–Crippen LogP) is 1.94. The lowest BCUT2D eigenvalue weighted by Crippen LogP contribution is -2.09. The first-order chi connectivity index (χ1) is 5.97. The minimum atomic E-state index is -2.79. The zero-order valence-corrected chi connectivity index (χ0v) is 8.97. The van der Waals surface area contributed by atoms with Crippen molar-refractivity contribution in [2.75, 3.05) is 12.0 Å². The van der Waals surface area contributed by atoms with Crippen LogP contribution in [0.3, 0.4) is 0 Å². The van der Waals surface area contributed by atoms with Crippen LogP contribution in [0.5, 0.6) is 0 Å². The van der Waals surface area contributed by atoms with Crippen LogP contribution in [-0.4, -0.2) is 20.4 Å². The minimum absolute atomic E-state index is 0.300. The van der Waals surface area contributed by atoms with E-state index >= 15 is 0 Å². The van der Waals surface area contributed by atoms with Crippen LogP contribution < -0.4 is 0 Å². The fraction of sp³-hybridized carbons (Fsp3) is 0.600. The quantitative estimate of drug-likeness (QED) is 0.697. The normalized spacial score (nSPS) is 22.9. The van der Waals surface area contributed by atoms with Crippen molar-refractivity contribution in [3.63, 3.8) is 0 Å². The van der Waals surface area contributed by atoms with Gasteiger partial charge >= 0.3 is 0 Å². The molecule has 0 amide bonds. The second-order valence-electron chi connectivity index (χ2n) is 3.72. The van der Waals surface area contributed by atoms with Gasteiger partial charge in [-0.25, -0.2) is 8.42 Å². The van der Waals surface area contributed by atoms with E-state index in [-0.39, 0.29) is 0 Å². The monoisotopic (exact) mass is 200 g/mol. The Morgan fingerprint density at radius 2 is 2.23 bits per heavy atom. The van der Waals surface area contributed by atoms with Gasteiger partial charge in [-0.2, -0.15) is 0 Å². The highest BCUT2D eigenvalue weighted by Crippen LogP contribution is 2.19. The highest BCUT2D eigenvalue weighted by atomic mass is 32.2. The average Bonchev–Trinajstić information content (AvgIpc) is 2.02. The van der Waals surface area contributed by atoms with Gasteiger partial charge in [-0.1, -0.05) is 23.8 Å². The highest BCUT2D eigenvalue weighted by Gasteiger charge is 2.10. The van der Waals surface area contributed by atoms with Crippen LogP contribution >= 0.6 is 0 Å². The summed E-state index contributed by atoms with van der Waals surface area (Å²) in [7, 11) is -2.79. The molecule has 1 unspecified atom stereocenters. The first-order valence-corrected chi connectivity index (χ1v) is 6.56. The number of allylic oxidation sites excluding steroid dienone is 4. The van der Waals surface area contributed by atoms with Gasteiger partial charge in [-0.15, -0.1) is 0 Å². The van der Waals surface area contributed by atoms with Crippen LogP contribution in [0.4, 0.5) is 0 Å². The Morgan fingerprint density at radius 3 is 2.69 bits per heavy atom. The second-order valence-corrected chi connectivity index (χ2v) is 5.98. The largest absolute Gasteiger partial charge is 0.229 e. The van der Waals surface area contributed by atoms with E-state index in [1.807, 2.05) is 0 Å². The summed E-state index contributed by atoms with van der Waals surface area (Å²) < 4.78 is 21.8. The molecule has 1 aliphatic carbocycles. The molecule has 0 N–H and O–H groups in total. The first-order valence-electron chi connectivity index (χ1n) is 4.50. The molecular formula is C10H16O2S. The summed E-state index contributed by atoms with van der Waals surface area (Å²) in [6.07, 6.45) is 9.36. The first kappa shape index (κ1) is 10.5. The maximum absolute atomic E-state index is 10.9. The lowest BCUT2D eigenvalue weighted by atomic mass is 9.95. The maximum Gasteiger partial charge on any atom is 0.147 e. The second kappa shape index (κ2) is 4.09. The zero-order valence-electron chi connectivity index (χ0n) is 8.16. The van der Waals surface area contributed by atoms with Crippen LogP contribution in [-0.2, 0) is 9.84 Å². The molecule has 0 radical (unpaired) electrons. The van der Waals surface area contributed by atoms with Crippen molar-refractivity contribution in [1.29, 1.82) is 0 Å². The summed E-state index contributed by atoms with van der Waals surface area (Å²) in [6.45, 7) is 2.06. The molecule has 13 heavy (non-hydrogen) atoms. The molecule has 0 saturated carbocycles. The summed E-state index contributed by atoms with van der Waals surface area (Å²) in [5.41, 5.74) is 1.27. The molecule has 2 nitrogen and oxygen atoms in total. The smallest absolute Gasteiger partial charge is 0.147 e. The maximum atomic E-state index is 10.9. The molecule has 0 fully saturated rings. The summed E-state index contributed by atoms with van der Waals surface area (Å²) in [6, 6.07) is 0. The minimum Gasteiger partial charge on any atom is -0.229 e. The highest BCUT2D eigenvalue weighted by molar-refractivity contribution is 7.90. The number of hydrogen-bond acceptors (Lipinski definition) is 2. The van der Waals surface area contributed by atoms with Crippen LogP contribution in [0.2, 0.25) is 0 Å². The van der Waals surface area contributed by atoms with Crippen molar-refractivity contribution in [2.24, 2.45) is 5.92 Å². The molecule has 0 saturated heterocycles. The van der Waals surface area contributed by atoms with E-state index in [1.54, 1.807) is 0 Å². The van der Waals surface area contributed by atoms with Crippen LogP contribution in [0.25, 0.3) is 0 Å². The van der Waals surface area contributed by atoms with Crippen LogP contribution in [0, 0.1) is 5.92 Å². The Balaban J connectivity index is 2.38. The third-order valence-corrected chi connectivity index (χ3v) is 3.21. The van der Waals surface area contributed by atoms with Crippen molar-refractivity contribution in [2.45, 2.75) is 19.8 Å². The molecule has 1 aliphatic rings. The Hall–Kier alpha value is -0.570. The molecule has 0 aromatic heterocycles. The van der Waals surface area contributed by atoms with E-state index in [4.69, 9.17) is 0 Å². The number of sulfone groups is 1. The van der Waals surface area contributed by atoms with E-state index in [1.165, 1.54) is 11.8 Å². The molecule has 0 aromatic rings. The van der Waals surface area contributed by atoms with E-state index in [0.717, 1.165) is 12.8 Å². The van der Waals surface area contributed by atoms with Gasteiger partial charge in [0.2, 0.25) is 0 Å². The molecular weight excluding hydrogens is 184 g/mol. The fourth-order valence-electron chi connectivity index (χ4n) is 1.35. The molecule has 0 heterocycles. The molecule has 0 spiro atoms. The van der Waals surface area contributed by atoms with Gasteiger partial charge in [0.1, 0.15) is 9.84 Å².